The van der Waals surface area contributed by atoms with Gasteiger partial charge in [0, 0.05) is 22.7 Å². The number of nitrogens with zero attached hydrogens (tertiary/aromatic N) is 4. The highest BCUT2D eigenvalue weighted by Gasteiger charge is 2.30. The lowest BCUT2D eigenvalue weighted by molar-refractivity contribution is 0.0932. The maximum absolute atomic E-state index is 12.8. The molecular weight excluding hydrogens is 366 g/mol. The van der Waals surface area contributed by atoms with Gasteiger partial charge in [-0.2, -0.15) is 10.2 Å². The van der Waals surface area contributed by atoms with Gasteiger partial charge in [-0.05, 0) is 57.4 Å². The van der Waals surface area contributed by atoms with Crippen molar-refractivity contribution in [3.63, 3.8) is 0 Å². The normalized spacial score (nSPS) is 14.3. The Morgan fingerprint density at radius 2 is 2.07 bits per heavy atom. The number of benzene rings is 1. The van der Waals surface area contributed by atoms with Gasteiger partial charge < -0.3 is 9.84 Å². The predicted molar refractivity (Wildman–Crippen MR) is 106 cm³/mol. The second-order valence-electron chi connectivity index (χ2n) is 7.46. The number of hydrogen-bond donors (Lipinski definition) is 1. The summed E-state index contributed by atoms with van der Waals surface area (Å²) >= 11 is 0. The highest BCUT2D eigenvalue weighted by atomic mass is 16.5. The van der Waals surface area contributed by atoms with Gasteiger partial charge in [-0.15, -0.1) is 0 Å². The van der Waals surface area contributed by atoms with Crippen molar-refractivity contribution in [2.75, 3.05) is 0 Å². The first kappa shape index (κ1) is 18.8. The Labute approximate surface area is 168 Å². The number of carbonyl (C=O) groups is 1. The van der Waals surface area contributed by atoms with Gasteiger partial charge >= 0.3 is 0 Å². The zero-order chi connectivity index (χ0) is 20.5. The van der Waals surface area contributed by atoms with E-state index in [0.29, 0.717) is 34.5 Å². The standard InChI is InChI=1S/C22H21N5O2/c1-12-9-13(2)24-19(18(12)11-23)16-5-4-6-17(10-16)21(28)25-14(3)22-26-20(27-29-22)15-7-8-15/h4-6,9-10,14-15H,7-8H2,1-3H3,(H,25,28)/t14-/m0/s1. The van der Waals surface area contributed by atoms with E-state index in [-0.39, 0.29) is 5.91 Å². The summed E-state index contributed by atoms with van der Waals surface area (Å²) in [5.74, 6) is 1.26. The molecule has 0 bridgehead atoms. The zero-order valence-corrected chi connectivity index (χ0v) is 16.6. The maximum Gasteiger partial charge on any atom is 0.251 e. The molecule has 146 valence electrons. The van der Waals surface area contributed by atoms with Crippen LogP contribution in [0.1, 0.15) is 70.6 Å². The summed E-state index contributed by atoms with van der Waals surface area (Å²) in [7, 11) is 0. The summed E-state index contributed by atoms with van der Waals surface area (Å²) in [6.45, 7) is 5.58. The molecule has 0 radical (unpaired) electrons. The first-order valence-corrected chi connectivity index (χ1v) is 9.59. The third-order valence-corrected chi connectivity index (χ3v) is 4.97. The molecule has 1 fully saturated rings. The smallest absolute Gasteiger partial charge is 0.251 e. The van der Waals surface area contributed by atoms with Crippen LogP contribution in [0, 0.1) is 25.2 Å². The van der Waals surface area contributed by atoms with Crippen LogP contribution in [0.4, 0.5) is 0 Å². The van der Waals surface area contributed by atoms with Crippen LogP contribution in [-0.4, -0.2) is 21.0 Å². The molecule has 7 nitrogen and oxygen atoms in total. The first-order chi connectivity index (χ1) is 14.0. The fourth-order valence-electron chi connectivity index (χ4n) is 3.27. The zero-order valence-electron chi connectivity index (χ0n) is 16.6. The highest BCUT2D eigenvalue weighted by Crippen LogP contribution is 2.38. The molecule has 1 saturated carbocycles. The molecule has 2 heterocycles. The minimum absolute atomic E-state index is 0.256. The summed E-state index contributed by atoms with van der Waals surface area (Å²) in [5, 5.41) is 16.4. The van der Waals surface area contributed by atoms with E-state index in [0.717, 1.165) is 29.7 Å². The quantitative estimate of drug-likeness (QED) is 0.710. The molecule has 1 amide bonds. The van der Waals surface area contributed by atoms with Crippen molar-refractivity contribution in [2.45, 2.75) is 45.6 Å². The van der Waals surface area contributed by atoms with Gasteiger partial charge in [0.2, 0.25) is 5.89 Å². The summed E-state index contributed by atoms with van der Waals surface area (Å²) in [6.07, 6.45) is 2.17. The lowest BCUT2D eigenvalue weighted by atomic mass is 10.00. The number of hydrogen-bond acceptors (Lipinski definition) is 6. The van der Waals surface area contributed by atoms with Crippen molar-refractivity contribution in [3.8, 4) is 17.3 Å². The number of aryl methyl sites for hydroxylation is 2. The Morgan fingerprint density at radius 1 is 1.28 bits per heavy atom. The van der Waals surface area contributed by atoms with Crippen molar-refractivity contribution in [1.82, 2.24) is 20.4 Å². The second-order valence-corrected chi connectivity index (χ2v) is 7.46. The molecule has 0 aliphatic heterocycles. The Morgan fingerprint density at radius 3 is 2.79 bits per heavy atom. The van der Waals surface area contributed by atoms with Crippen LogP contribution in [0.2, 0.25) is 0 Å². The minimum atomic E-state index is -0.403. The number of pyridine rings is 1. The Balaban J connectivity index is 1.57. The monoisotopic (exact) mass is 387 g/mol. The van der Waals surface area contributed by atoms with Crippen LogP contribution in [0.15, 0.2) is 34.9 Å². The Kier molecular flexibility index (Phi) is 4.85. The van der Waals surface area contributed by atoms with E-state index in [4.69, 9.17) is 4.52 Å². The van der Waals surface area contributed by atoms with Crippen LogP contribution in [0.3, 0.4) is 0 Å². The molecule has 7 heteroatoms. The summed E-state index contributed by atoms with van der Waals surface area (Å²) in [6, 6.07) is 10.8. The predicted octanol–water partition coefficient (Wildman–Crippen LogP) is 3.99. The van der Waals surface area contributed by atoms with E-state index in [9.17, 15) is 10.1 Å². The van der Waals surface area contributed by atoms with Crippen LogP contribution in [-0.2, 0) is 0 Å². The van der Waals surface area contributed by atoms with E-state index in [1.807, 2.05) is 32.9 Å². The molecule has 1 aliphatic rings. The van der Waals surface area contributed by atoms with Crippen molar-refractivity contribution < 1.29 is 9.32 Å². The van der Waals surface area contributed by atoms with Gasteiger partial charge in [-0.25, -0.2) is 0 Å². The molecule has 0 spiro atoms. The number of nitrogens with one attached hydrogen (secondary N) is 1. The van der Waals surface area contributed by atoms with Gasteiger partial charge in [0.25, 0.3) is 5.91 Å². The average Bonchev–Trinajstić information content (AvgIpc) is 3.44. The van der Waals surface area contributed by atoms with E-state index in [1.165, 1.54) is 0 Å². The fourth-order valence-corrected chi connectivity index (χ4v) is 3.27. The first-order valence-electron chi connectivity index (χ1n) is 9.59. The largest absolute Gasteiger partial charge is 0.341 e. The molecule has 0 saturated heterocycles. The third kappa shape index (κ3) is 3.87. The second kappa shape index (κ2) is 7.47. The molecular formula is C22H21N5O2. The molecule has 2 aromatic heterocycles. The van der Waals surface area contributed by atoms with E-state index < -0.39 is 6.04 Å². The molecule has 1 N–H and O–H groups in total. The molecule has 3 aromatic rings. The number of carbonyl (C=O) groups excluding carboxylic acids is 1. The lowest BCUT2D eigenvalue weighted by Crippen LogP contribution is -2.26. The summed E-state index contributed by atoms with van der Waals surface area (Å²) in [5.41, 5.74) is 3.98. The minimum Gasteiger partial charge on any atom is -0.341 e. The topological polar surface area (TPSA) is 105 Å². The van der Waals surface area contributed by atoms with Crippen molar-refractivity contribution in [1.29, 1.82) is 5.26 Å². The van der Waals surface area contributed by atoms with Crippen LogP contribution >= 0.6 is 0 Å². The van der Waals surface area contributed by atoms with Gasteiger partial charge in [0.15, 0.2) is 5.82 Å². The van der Waals surface area contributed by atoms with Crippen molar-refractivity contribution in [3.05, 3.63) is 64.4 Å². The Hall–Kier alpha value is -3.53. The number of nitriles is 1. The lowest BCUT2D eigenvalue weighted by Gasteiger charge is -2.12. The molecule has 1 atom stereocenters. The molecule has 0 unspecified atom stereocenters. The van der Waals surface area contributed by atoms with E-state index >= 15 is 0 Å². The molecule has 29 heavy (non-hydrogen) atoms. The molecule has 1 aliphatic carbocycles. The van der Waals surface area contributed by atoms with Gasteiger partial charge in [0.05, 0.1) is 11.3 Å². The number of aromatic nitrogens is 3. The van der Waals surface area contributed by atoms with Gasteiger partial charge in [-0.1, -0.05) is 17.3 Å². The van der Waals surface area contributed by atoms with Crippen molar-refractivity contribution >= 4 is 5.91 Å². The maximum atomic E-state index is 12.8. The Bertz CT molecular complexity index is 1120. The fraction of sp³-hybridized carbons (Fsp3) is 0.318. The van der Waals surface area contributed by atoms with Crippen LogP contribution in [0.25, 0.3) is 11.3 Å². The summed E-state index contributed by atoms with van der Waals surface area (Å²) < 4.78 is 5.29. The van der Waals surface area contributed by atoms with Gasteiger partial charge in [0.1, 0.15) is 12.1 Å². The van der Waals surface area contributed by atoms with E-state index in [2.05, 4.69) is 26.5 Å². The molecule has 4 rings (SSSR count). The molecule has 1 aromatic carbocycles. The SMILES string of the molecule is Cc1cc(C)c(C#N)c(-c2cccc(C(=O)N[C@@H](C)c3nc(C4CC4)no3)c2)n1. The number of rotatable bonds is 5. The van der Waals surface area contributed by atoms with E-state index in [1.54, 1.807) is 18.2 Å². The van der Waals surface area contributed by atoms with Crippen molar-refractivity contribution in [2.24, 2.45) is 0 Å². The van der Waals surface area contributed by atoms with Crippen LogP contribution in [0.5, 0.6) is 0 Å². The average molecular weight is 387 g/mol. The number of amides is 1. The third-order valence-electron chi connectivity index (χ3n) is 4.97. The highest BCUT2D eigenvalue weighted by molar-refractivity contribution is 5.95. The van der Waals surface area contributed by atoms with Crippen LogP contribution < -0.4 is 5.32 Å². The summed E-state index contributed by atoms with van der Waals surface area (Å²) in [4.78, 5) is 21.7. The van der Waals surface area contributed by atoms with Gasteiger partial charge in [-0.3, -0.25) is 9.78 Å².